The van der Waals surface area contributed by atoms with Crippen LogP contribution in [0, 0.1) is 5.92 Å². The summed E-state index contributed by atoms with van der Waals surface area (Å²) < 4.78 is 0. The van der Waals surface area contributed by atoms with Crippen molar-refractivity contribution in [3.8, 4) is 0 Å². The zero-order valence-corrected chi connectivity index (χ0v) is 11.7. The maximum atomic E-state index is 9.22. The number of nitrogens with zero attached hydrogens (tertiary/aromatic N) is 1. The third-order valence-electron chi connectivity index (χ3n) is 3.04. The molecule has 0 aliphatic heterocycles. The number of aliphatic hydroxyl groups is 1. The standard InChI is InChI=1S/C12H17Cl2N3O/c1-2-15-11-9(13)5-10(14)12(17-11)16-6-7-3-8(18)4-7/h5,7-8,18H,2-4,6H2,1H3,(H2,15,16,17). The minimum atomic E-state index is -0.136. The van der Waals surface area contributed by atoms with Crippen molar-refractivity contribution in [2.75, 3.05) is 23.7 Å². The molecule has 0 amide bonds. The van der Waals surface area contributed by atoms with Gasteiger partial charge in [-0.25, -0.2) is 4.98 Å². The second kappa shape index (κ2) is 5.95. The Hall–Kier alpha value is -0.710. The van der Waals surface area contributed by atoms with E-state index in [1.165, 1.54) is 0 Å². The maximum absolute atomic E-state index is 9.22. The normalized spacial score (nSPS) is 22.4. The van der Waals surface area contributed by atoms with Crippen LogP contribution in [0.5, 0.6) is 0 Å². The molecule has 1 heterocycles. The van der Waals surface area contributed by atoms with Gasteiger partial charge < -0.3 is 15.7 Å². The van der Waals surface area contributed by atoms with Crippen LogP contribution in [0.25, 0.3) is 0 Å². The molecule has 2 rings (SSSR count). The summed E-state index contributed by atoms with van der Waals surface area (Å²) in [6.07, 6.45) is 1.55. The molecule has 1 aromatic heterocycles. The molecule has 0 saturated heterocycles. The molecular weight excluding hydrogens is 273 g/mol. The Balaban J connectivity index is 2.00. The highest BCUT2D eigenvalue weighted by Crippen LogP contribution is 2.31. The molecule has 1 aromatic rings. The lowest BCUT2D eigenvalue weighted by atomic mass is 9.82. The largest absolute Gasteiger partial charge is 0.393 e. The van der Waals surface area contributed by atoms with Gasteiger partial charge in [0.05, 0.1) is 16.1 Å². The first-order chi connectivity index (χ1) is 8.60. The fourth-order valence-corrected chi connectivity index (χ4v) is 2.48. The molecule has 1 aliphatic carbocycles. The van der Waals surface area contributed by atoms with Crippen molar-refractivity contribution in [1.82, 2.24) is 4.98 Å². The van der Waals surface area contributed by atoms with Crippen LogP contribution in [0.1, 0.15) is 19.8 Å². The Labute approximate surface area is 117 Å². The van der Waals surface area contributed by atoms with Gasteiger partial charge in [0.15, 0.2) is 0 Å². The maximum Gasteiger partial charge on any atom is 0.147 e. The first-order valence-electron chi connectivity index (χ1n) is 6.12. The van der Waals surface area contributed by atoms with Gasteiger partial charge in [0.1, 0.15) is 11.6 Å². The summed E-state index contributed by atoms with van der Waals surface area (Å²) in [5, 5.41) is 16.6. The van der Waals surface area contributed by atoms with Crippen molar-refractivity contribution in [3.63, 3.8) is 0 Å². The zero-order chi connectivity index (χ0) is 13.1. The Bertz CT molecular complexity index is 422. The number of hydrogen-bond acceptors (Lipinski definition) is 4. The number of hydrogen-bond donors (Lipinski definition) is 3. The van der Waals surface area contributed by atoms with E-state index in [2.05, 4.69) is 15.6 Å². The highest BCUT2D eigenvalue weighted by Gasteiger charge is 2.26. The summed E-state index contributed by atoms with van der Waals surface area (Å²) in [7, 11) is 0. The Morgan fingerprint density at radius 2 is 1.89 bits per heavy atom. The second-order valence-electron chi connectivity index (χ2n) is 4.55. The minimum Gasteiger partial charge on any atom is -0.393 e. The molecule has 0 aromatic carbocycles. The van der Waals surface area contributed by atoms with Crippen molar-refractivity contribution in [3.05, 3.63) is 16.1 Å². The summed E-state index contributed by atoms with van der Waals surface area (Å²) in [5.74, 6) is 1.77. The molecule has 6 heteroatoms. The Kier molecular flexibility index (Phi) is 4.54. The van der Waals surface area contributed by atoms with Crippen LogP contribution < -0.4 is 10.6 Å². The molecule has 1 saturated carbocycles. The number of aliphatic hydroxyl groups excluding tert-OH is 1. The van der Waals surface area contributed by atoms with Gasteiger partial charge in [-0.15, -0.1) is 0 Å². The van der Waals surface area contributed by atoms with E-state index in [4.69, 9.17) is 23.2 Å². The summed E-state index contributed by atoms with van der Waals surface area (Å²) in [6, 6.07) is 1.69. The average Bonchev–Trinajstić information content (AvgIpc) is 2.28. The zero-order valence-electron chi connectivity index (χ0n) is 10.2. The third-order valence-corrected chi connectivity index (χ3v) is 3.62. The summed E-state index contributed by atoms with van der Waals surface area (Å²) >= 11 is 12.1. The molecule has 0 unspecified atom stereocenters. The Morgan fingerprint density at radius 3 is 2.44 bits per heavy atom. The average molecular weight is 290 g/mol. The van der Waals surface area contributed by atoms with Crippen molar-refractivity contribution in [2.45, 2.75) is 25.9 Å². The monoisotopic (exact) mass is 289 g/mol. The molecule has 0 bridgehead atoms. The van der Waals surface area contributed by atoms with E-state index < -0.39 is 0 Å². The van der Waals surface area contributed by atoms with Crippen LogP contribution in [-0.2, 0) is 0 Å². The van der Waals surface area contributed by atoms with Crippen LogP contribution in [0.15, 0.2) is 6.07 Å². The number of aromatic nitrogens is 1. The lowest BCUT2D eigenvalue weighted by molar-refractivity contribution is 0.0486. The molecule has 0 atom stereocenters. The first kappa shape index (κ1) is 13.7. The molecule has 3 N–H and O–H groups in total. The van der Waals surface area contributed by atoms with Crippen molar-refractivity contribution < 1.29 is 5.11 Å². The topological polar surface area (TPSA) is 57.2 Å². The lowest BCUT2D eigenvalue weighted by Crippen LogP contribution is -2.33. The van der Waals surface area contributed by atoms with Gasteiger partial charge >= 0.3 is 0 Å². The molecule has 0 radical (unpaired) electrons. The van der Waals surface area contributed by atoms with Gasteiger partial charge in [0, 0.05) is 13.1 Å². The van der Waals surface area contributed by atoms with E-state index >= 15 is 0 Å². The number of rotatable bonds is 5. The van der Waals surface area contributed by atoms with Gasteiger partial charge in [-0.2, -0.15) is 0 Å². The van der Waals surface area contributed by atoms with Gasteiger partial charge in [-0.1, -0.05) is 23.2 Å². The van der Waals surface area contributed by atoms with Crippen LogP contribution >= 0.6 is 23.2 Å². The molecule has 0 spiro atoms. The van der Waals surface area contributed by atoms with E-state index in [1.807, 2.05) is 6.92 Å². The van der Waals surface area contributed by atoms with Crippen LogP contribution in [0.3, 0.4) is 0 Å². The van der Waals surface area contributed by atoms with E-state index in [-0.39, 0.29) is 6.10 Å². The summed E-state index contributed by atoms with van der Waals surface area (Å²) in [6.45, 7) is 3.51. The summed E-state index contributed by atoms with van der Waals surface area (Å²) in [5.41, 5.74) is 0. The van der Waals surface area contributed by atoms with Crippen molar-refractivity contribution in [2.24, 2.45) is 5.92 Å². The van der Waals surface area contributed by atoms with Gasteiger partial charge in [-0.05, 0) is 31.7 Å². The third kappa shape index (κ3) is 3.19. The van der Waals surface area contributed by atoms with E-state index in [1.54, 1.807) is 6.07 Å². The van der Waals surface area contributed by atoms with E-state index in [0.29, 0.717) is 27.6 Å². The molecule has 1 fully saturated rings. The van der Waals surface area contributed by atoms with Crippen LogP contribution in [0.4, 0.5) is 11.6 Å². The van der Waals surface area contributed by atoms with E-state index in [0.717, 1.165) is 25.9 Å². The predicted octanol–water partition coefficient (Wildman–Crippen LogP) is 3.00. The smallest absolute Gasteiger partial charge is 0.147 e. The van der Waals surface area contributed by atoms with Gasteiger partial charge in [-0.3, -0.25) is 0 Å². The second-order valence-corrected chi connectivity index (χ2v) is 5.37. The van der Waals surface area contributed by atoms with Crippen LogP contribution in [-0.4, -0.2) is 29.3 Å². The van der Waals surface area contributed by atoms with Crippen LogP contribution in [0.2, 0.25) is 10.0 Å². The van der Waals surface area contributed by atoms with Gasteiger partial charge in [0.2, 0.25) is 0 Å². The fourth-order valence-electron chi connectivity index (χ4n) is 1.99. The highest BCUT2D eigenvalue weighted by molar-refractivity contribution is 6.37. The SMILES string of the molecule is CCNc1nc(NCC2CC(O)C2)c(Cl)cc1Cl. The molecule has 18 heavy (non-hydrogen) atoms. The van der Waals surface area contributed by atoms with Gasteiger partial charge in [0.25, 0.3) is 0 Å². The highest BCUT2D eigenvalue weighted by atomic mass is 35.5. The van der Waals surface area contributed by atoms with E-state index in [9.17, 15) is 5.11 Å². The first-order valence-corrected chi connectivity index (χ1v) is 6.87. The number of anilines is 2. The predicted molar refractivity (Wildman–Crippen MR) is 75.6 cm³/mol. The van der Waals surface area contributed by atoms with Crippen molar-refractivity contribution >= 4 is 34.8 Å². The Morgan fingerprint density at radius 1 is 1.28 bits per heavy atom. The number of pyridine rings is 1. The molecule has 100 valence electrons. The number of nitrogens with one attached hydrogen (secondary N) is 2. The molecule has 4 nitrogen and oxygen atoms in total. The fraction of sp³-hybridized carbons (Fsp3) is 0.583. The minimum absolute atomic E-state index is 0.136. The molecular formula is C12H17Cl2N3O. The summed E-state index contributed by atoms with van der Waals surface area (Å²) in [4.78, 5) is 4.36. The number of halogens is 2. The van der Waals surface area contributed by atoms with Crippen molar-refractivity contribution in [1.29, 1.82) is 0 Å². The molecule has 1 aliphatic rings. The lowest BCUT2D eigenvalue weighted by Gasteiger charge is -2.31. The quantitative estimate of drug-likeness (QED) is 0.780.